The summed E-state index contributed by atoms with van der Waals surface area (Å²) in [6.45, 7) is 0. The van der Waals surface area contributed by atoms with Gasteiger partial charge in [-0.15, -0.1) is 10.2 Å². The molecule has 0 bridgehead atoms. The summed E-state index contributed by atoms with van der Waals surface area (Å²) in [5.41, 5.74) is 0.641. The maximum absolute atomic E-state index is 11.1. The van der Waals surface area contributed by atoms with Crippen molar-refractivity contribution in [1.29, 1.82) is 0 Å². The highest BCUT2D eigenvalue weighted by atomic mass is 35.5. The third kappa shape index (κ3) is 2.33. The van der Waals surface area contributed by atoms with E-state index in [1.54, 1.807) is 22.7 Å². The number of fused-ring (bicyclic) bond motifs is 1. The van der Waals surface area contributed by atoms with Gasteiger partial charge in [-0.05, 0) is 36.0 Å². The zero-order chi connectivity index (χ0) is 14.1. The lowest BCUT2D eigenvalue weighted by molar-refractivity contribution is -0.387. The summed E-state index contributed by atoms with van der Waals surface area (Å²) in [5, 5.41) is 20.0. The van der Waals surface area contributed by atoms with Crippen molar-refractivity contribution in [3.8, 4) is 0 Å². The number of pyridine rings is 1. The standard InChI is InChI=1S/C12H7ClN4O2S/c13-8-4-5-10(9(7-8)17(18)19)20-12-15-14-11-3-1-2-6-16(11)12/h1-7H. The molecule has 0 amide bonds. The van der Waals surface area contributed by atoms with Crippen LogP contribution in [0.25, 0.3) is 5.65 Å². The van der Waals surface area contributed by atoms with Crippen LogP contribution in [0.2, 0.25) is 5.02 Å². The lowest BCUT2D eigenvalue weighted by Crippen LogP contribution is -1.92. The number of rotatable bonds is 3. The van der Waals surface area contributed by atoms with Crippen molar-refractivity contribution in [3.63, 3.8) is 0 Å². The zero-order valence-electron chi connectivity index (χ0n) is 9.93. The molecule has 0 aliphatic carbocycles. The number of halogens is 1. The summed E-state index contributed by atoms with van der Waals surface area (Å²) in [6.07, 6.45) is 1.80. The molecule has 0 spiro atoms. The van der Waals surface area contributed by atoms with Crippen LogP contribution >= 0.6 is 23.4 Å². The fraction of sp³-hybridized carbons (Fsp3) is 0. The van der Waals surface area contributed by atoms with Gasteiger partial charge in [0, 0.05) is 17.3 Å². The summed E-state index contributed by atoms with van der Waals surface area (Å²) < 4.78 is 1.77. The Morgan fingerprint density at radius 1 is 1.25 bits per heavy atom. The minimum Gasteiger partial charge on any atom is -0.277 e. The maximum Gasteiger partial charge on any atom is 0.284 e. The topological polar surface area (TPSA) is 73.3 Å². The molecule has 8 heteroatoms. The second-order valence-corrected chi connectivity index (χ2v) is 5.33. The zero-order valence-corrected chi connectivity index (χ0v) is 11.5. The van der Waals surface area contributed by atoms with E-state index in [4.69, 9.17) is 11.6 Å². The Bertz CT molecular complexity index is 805. The number of hydrogen-bond donors (Lipinski definition) is 0. The van der Waals surface area contributed by atoms with Crippen LogP contribution < -0.4 is 0 Å². The van der Waals surface area contributed by atoms with Gasteiger partial charge in [0.05, 0.1) is 9.82 Å². The first kappa shape index (κ1) is 12.9. The van der Waals surface area contributed by atoms with Crippen molar-refractivity contribution in [2.45, 2.75) is 10.1 Å². The van der Waals surface area contributed by atoms with Crippen LogP contribution in [0.1, 0.15) is 0 Å². The normalized spacial score (nSPS) is 10.8. The highest BCUT2D eigenvalue weighted by molar-refractivity contribution is 7.99. The summed E-state index contributed by atoms with van der Waals surface area (Å²) in [5.74, 6) is 0. The number of nitro groups is 1. The lowest BCUT2D eigenvalue weighted by Gasteiger charge is -2.02. The lowest BCUT2D eigenvalue weighted by atomic mass is 10.3. The Balaban J connectivity index is 2.05. The number of nitro benzene ring substituents is 1. The van der Waals surface area contributed by atoms with Crippen molar-refractivity contribution >= 4 is 34.7 Å². The van der Waals surface area contributed by atoms with Crippen molar-refractivity contribution < 1.29 is 4.92 Å². The fourth-order valence-electron chi connectivity index (χ4n) is 1.71. The van der Waals surface area contributed by atoms with Gasteiger partial charge in [-0.3, -0.25) is 14.5 Å². The molecule has 3 aromatic rings. The first-order valence-corrected chi connectivity index (χ1v) is 6.76. The van der Waals surface area contributed by atoms with E-state index in [-0.39, 0.29) is 5.69 Å². The number of benzene rings is 1. The Hall–Kier alpha value is -2.12. The Morgan fingerprint density at radius 2 is 2.10 bits per heavy atom. The van der Waals surface area contributed by atoms with Gasteiger partial charge >= 0.3 is 0 Å². The third-order valence-corrected chi connectivity index (χ3v) is 3.86. The molecule has 0 aliphatic heterocycles. The van der Waals surface area contributed by atoms with Crippen LogP contribution in [0.5, 0.6) is 0 Å². The van der Waals surface area contributed by atoms with Crippen LogP contribution in [0.4, 0.5) is 5.69 Å². The summed E-state index contributed by atoms with van der Waals surface area (Å²) in [7, 11) is 0. The fourth-order valence-corrected chi connectivity index (χ4v) is 2.78. The van der Waals surface area contributed by atoms with Gasteiger partial charge in [-0.25, -0.2) is 0 Å². The second kappa shape index (κ2) is 5.10. The second-order valence-electron chi connectivity index (χ2n) is 3.88. The van der Waals surface area contributed by atoms with Crippen LogP contribution in [0.15, 0.2) is 52.6 Å². The smallest absolute Gasteiger partial charge is 0.277 e. The van der Waals surface area contributed by atoms with Crippen molar-refractivity contribution in [3.05, 3.63) is 57.7 Å². The molecule has 2 heterocycles. The molecule has 1 aromatic carbocycles. The van der Waals surface area contributed by atoms with E-state index in [1.807, 2.05) is 18.2 Å². The average Bonchev–Trinajstić information content (AvgIpc) is 2.84. The summed E-state index contributed by atoms with van der Waals surface area (Å²) in [6, 6.07) is 10.1. The quantitative estimate of drug-likeness (QED) is 0.547. The van der Waals surface area contributed by atoms with Gasteiger partial charge in [-0.2, -0.15) is 0 Å². The molecule has 6 nitrogen and oxygen atoms in total. The molecule has 0 unspecified atom stereocenters. The van der Waals surface area contributed by atoms with Crippen LogP contribution in [-0.2, 0) is 0 Å². The van der Waals surface area contributed by atoms with E-state index < -0.39 is 4.92 Å². The minimum atomic E-state index is -0.461. The van der Waals surface area contributed by atoms with E-state index in [0.717, 1.165) is 0 Å². The molecule has 0 N–H and O–H groups in total. The van der Waals surface area contributed by atoms with E-state index in [1.165, 1.54) is 17.8 Å². The molecule has 100 valence electrons. The monoisotopic (exact) mass is 306 g/mol. The van der Waals surface area contributed by atoms with Gasteiger partial charge < -0.3 is 0 Å². The van der Waals surface area contributed by atoms with Crippen molar-refractivity contribution in [2.75, 3.05) is 0 Å². The molecule has 0 atom stereocenters. The van der Waals surface area contributed by atoms with Crippen LogP contribution in [0, 0.1) is 10.1 Å². The minimum absolute atomic E-state index is 0.0461. The summed E-state index contributed by atoms with van der Waals surface area (Å²) >= 11 is 6.97. The number of hydrogen-bond acceptors (Lipinski definition) is 5. The molecule has 2 aromatic heterocycles. The van der Waals surface area contributed by atoms with E-state index in [0.29, 0.717) is 20.7 Å². The number of aromatic nitrogens is 3. The van der Waals surface area contributed by atoms with E-state index in [2.05, 4.69) is 10.2 Å². The predicted octanol–water partition coefficient (Wildman–Crippen LogP) is 3.44. The van der Waals surface area contributed by atoms with Gasteiger partial charge in [0.15, 0.2) is 5.65 Å². The predicted molar refractivity (Wildman–Crippen MR) is 75.2 cm³/mol. The van der Waals surface area contributed by atoms with Crippen molar-refractivity contribution in [1.82, 2.24) is 14.6 Å². The molecule has 0 radical (unpaired) electrons. The van der Waals surface area contributed by atoms with E-state index in [9.17, 15) is 10.1 Å². The molecular formula is C12H7ClN4O2S. The first-order chi connectivity index (χ1) is 9.65. The largest absolute Gasteiger partial charge is 0.284 e. The summed E-state index contributed by atoms with van der Waals surface area (Å²) in [4.78, 5) is 11.1. The molecule has 3 rings (SSSR count). The van der Waals surface area contributed by atoms with Gasteiger partial charge in [-0.1, -0.05) is 17.7 Å². The highest BCUT2D eigenvalue weighted by Crippen LogP contribution is 2.35. The van der Waals surface area contributed by atoms with Crippen LogP contribution in [0.3, 0.4) is 0 Å². The van der Waals surface area contributed by atoms with Gasteiger partial charge in [0.25, 0.3) is 5.69 Å². The molecule has 0 saturated carbocycles. The third-order valence-electron chi connectivity index (χ3n) is 2.60. The molecular weight excluding hydrogens is 300 g/mol. The average molecular weight is 307 g/mol. The van der Waals surface area contributed by atoms with Crippen LogP contribution in [-0.4, -0.2) is 19.5 Å². The Labute approximate surface area is 122 Å². The molecule has 20 heavy (non-hydrogen) atoms. The Kier molecular flexibility index (Phi) is 3.29. The highest BCUT2D eigenvalue weighted by Gasteiger charge is 2.17. The van der Waals surface area contributed by atoms with Gasteiger partial charge in [0.1, 0.15) is 0 Å². The molecule has 0 aliphatic rings. The van der Waals surface area contributed by atoms with Gasteiger partial charge in [0.2, 0.25) is 5.16 Å². The van der Waals surface area contributed by atoms with E-state index >= 15 is 0 Å². The van der Waals surface area contributed by atoms with Crippen molar-refractivity contribution in [2.24, 2.45) is 0 Å². The first-order valence-electron chi connectivity index (χ1n) is 5.57. The molecule has 0 saturated heterocycles. The SMILES string of the molecule is O=[N+]([O-])c1cc(Cl)ccc1Sc1nnc2ccccn12. The molecule has 0 fully saturated rings. The maximum atomic E-state index is 11.1. The number of nitrogens with zero attached hydrogens (tertiary/aromatic N) is 4. The Morgan fingerprint density at radius 3 is 2.90 bits per heavy atom.